The number of fused-ring (bicyclic) bond motifs is 1. The van der Waals surface area contributed by atoms with Crippen LogP contribution in [0.5, 0.6) is 0 Å². The van der Waals surface area contributed by atoms with Gasteiger partial charge in [0.05, 0.1) is 17.0 Å². The predicted octanol–water partition coefficient (Wildman–Crippen LogP) is 3.05. The summed E-state index contributed by atoms with van der Waals surface area (Å²) >= 11 is 0. The Labute approximate surface area is 221 Å². The molecule has 0 bridgehead atoms. The standard InChI is InChI=1S/C27H32FN3O6S/c1-17(2)13-22(30-27(34)25-14-18-7-3-4-11-24(18)37-25)26(33)29-21-10-6-12-31(16-23(21)32)38(35,36)20-9-5-8-19(28)15-20/h3-5,7-9,11,14-15,17,21-23,32H,6,10,12-13,16H2,1-2H3,(H,29,33)(H,30,34)/t21?,22-,23?/m0/s1. The van der Waals surface area contributed by atoms with Crippen LogP contribution in [0.4, 0.5) is 4.39 Å². The molecule has 2 aromatic carbocycles. The third-order valence-corrected chi connectivity index (χ3v) is 8.38. The highest BCUT2D eigenvalue weighted by atomic mass is 32.2. The second-order valence-corrected chi connectivity index (χ2v) is 11.9. The molecule has 0 radical (unpaired) electrons. The number of aliphatic hydroxyl groups is 1. The monoisotopic (exact) mass is 545 g/mol. The van der Waals surface area contributed by atoms with Gasteiger partial charge in [-0.05, 0) is 55.5 Å². The van der Waals surface area contributed by atoms with Crippen LogP contribution in [-0.4, -0.2) is 60.9 Å². The molecule has 4 rings (SSSR count). The Balaban J connectivity index is 1.44. The molecule has 1 aliphatic rings. The number of carbonyl (C=O) groups excluding carboxylic acids is 2. The van der Waals surface area contributed by atoms with Crippen molar-refractivity contribution in [1.82, 2.24) is 14.9 Å². The van der Waals surface area contributed by atoms with E-state index in [1.165, 1.54) is 12.1 Å². The number of β-amino-alcohol motifs (C(OH)–C–C–N with tert-alkyl or cyclic N) is 1. The number of halogens is 1. The van der Waals surface area contributed by atoms with Gasteiger partial charge in [-0.25, -0.2) is 12.8 Å². The summed E-state index contributed by atoms with van der Waals surface area (Å²) in [6, 6.07) is 11.9. The first-order valence-electron chi connectivity index (χ1n) is 12.6. The molecule has 204 valence electrons. The molecular weight excluding hydrogens is 513 g/mol. The minimum absolute atomic E-state index is 0.0766. The van der Waals surface area contributed by atoms with Gasteiger partial charge in [-0.1, -0.05) is 38.1 Å². The molecule has 0 spiro atoms. The van der Waals surface area contributed by atoms with Gasteiger partial charge in [0, 0.05) is 18.5 Å². The summed E-state index contributed by atoms with van der Waals surface area (Å²) in [4.78, 5) is 25.9. The van der Waals surface area contributed by atoms with E-state index in [4.69, 9.17) is 4.42 Å². The molecule has 1 aliphatic heterocycles. The third-order valence-electron chi connectivity index (χ3n) is 6.52. The number of sulfonamides is 1. The van der Waals surface area contributed by atoms with E-state index >= 15 is 0 Å². The van der Waals surface area contributed by atoms with Gasteiger partial charge in [-0.15, -0.1) is 0 Å². The van der Waals surface area contributed by atoms with E-state index in [1.54, 1.807) is 18.2 Å². The van der Waals surface area contributed by atoms with Crippen molar-refractivity contribution in [3.63, 3.8) is 0 Å². The smallest absolute Gasteiger partial charge is 0.287 e. The second kappa shape index (κ2) is 11.6. The van der Waals surface area contributed by atoms with Crippen LogP contribution in [0, 0.1) is 11.7 Å². The SMILES string of the molecule is CC(C)C[C@H](NC(=O)c1cc2ccccc2o1)C(=O)NC1CCCN(S(=O)(=O)c2cccc(F)c2)CC1O. The van der Waals surface area contributed by atoms with Crippen molar-refractivity contribution >= 4 is 32.8 Å². The number of hydrogen-bond donors (Lipinski definition) is 3. The van der Waals surface area contributed by atoms with Gasteiger partial charge >= 0.3 is 0 Å². The molecule has 38 heavy (non-hydrogen) atoms. The Morgan fingerprint density at radius 3 is 2.63 bits per heavy atom. The second-order valence-electron chi connectivity index (χ2n) is 9.95. The fourth-order valence-corrected chi connectivity index (χ4v) is 6.11. The molecule has 3 aromatic rings. The Hall–Kier alpha value is -3.28. The van der Waals surface area contributed by atoms with Crippen molar-refractivity contribution in [2.24, 2.45) is 5.92 Å². The summed E-state index contributed by atoms with van der Waals surface area (Å²) in [5.41, 5.74) is 0.557. The minimum atomic E-state index is -4.03. The lowest BCUT2D eigenvalue weighted by Gasteiger charge is -2.27. The van der Waals surface area contributed by atoms with Gasteiger partial charge in [0.1, 0.15) is 17.4 Å². The molecule has 11 heteroatoms. The molecule has 9 nitrogen and oxygen atoms in total. The fourth-order valence-electron chi connectivity index (χ4n) is 4.58. The summed E-state index contributed by atoms with van der Waals surface area (Å²) in [6.45, 7) is 3.69. The highest BCUT2D eigenvalue weighted by molar-refractivity contribution is 7.89. The van der Waals surface area contributed by atoms with Gasteiger partial charge in [-0.3, -0.25) is 9.59 Å². The first-order chi connectivity index (χ1) is 18.0. The number of nitrogens with zero attached hydrogens (tertiary/aromatic N) is 1. The van der Waals surface area contributed by atoms with E-state index in [0.29, 0.717) is 24.8 Å². The first-order valence-corrected chi connectivity index (χ1v) is 14.0. The van der Waals surface area contributed by atoms with Crippen LogP contribution in [0.3, 0.4) is 0 Å². The molecule has 0 saturated carbocycles. The van der Waals surface area contributed by atoms with Gasteiger partial charge in [0.15, 0.2) is 5.76 Å². The van der Waals surface area contributed by atoms with Crippen molar-refractivity contribution in [1.29, 1.82) is 0 Å². The van der Waals surface area contributed by atoms with Crippen molar-refractivity contribution in [3.05, 3.63) is 66.2 Å². The summed E-state index contributed by atoms with van der Waals surface area (Å²) < 4.78 is 46.4. The molecule has 1 saturated heterocycles. The Kier molecular flexibility index (Phi) is 8.49. The summed E-state index contributed by atoms with van der Waals surface area (Å²) in [5, 5.41) is 17.1. The Morgan fingerprint density at radius 1 is 1.16 bits per heavy atom. The normalized spacial score (nSPS) is 19.7. The quantitative estimate of drug-likeness (QED) is 0.399. The van der Waals surface area contributed by atoms with Gasteiger partial charge in [0.2, 0.25) is 15.9 Å². The summed E-state index contributed by atoms with van der Waals surface area (Å²) in [5.74, 6) is -1.52. The maximum Gasteiger partial charge on any atom is 0.287 e. The van der Waals surface area contributed by atoms with Gasteiger partial charge in [0.25, 0.3) is 5.91 Å². The fraction of sp³-hybridized carbons (Fsp3) is 0.407. The van der Waals surface area contributed by atoms with Crippen LogP contribution < -0.4 is 10.6 Å². The highest BCUT2D eigenvalue weighted by Gasteiger charge is 2.35. The largest absolute Gasteiger partial charge is 0.451 e. The maximum absolute atomic E-state index is 13.6. The van der Waals surface area contributed by atoms with Crippen LogP contribution in [0.1, 0.15) is 43.7 Å². The summed E-state index contributed by atoms with van der Waals surface area (Å²) in [7, 11) is -4.03. The number of benzene rings is 2. The molecule has 3 atom stereocenters. The molecule has 3 N–H and O–H groups in total. The number of carbonyl (C=O) groups is 2. The lowest BCUT2D eigenvalue weighted by atomic mass is 10.0. The van der Waals surface area contributed by atoms with E-state index in [0.717, 1.165) is 21.8 Å². The maximum atomic E-state index is 13.6. The number of nitrogens with one attached hydrogen (secondary N) is 2. The Bertz CT molecular complexity index is 1370. The van der Waals surface area contributed by atoms with Crippen LogP contribution in [0.2, 0.25) is 0 Å². The molecule has 0 aliphatic carbocycles. The Morgan fingerprint density at radius 2 is 1.92 bits per heavy atom. The van der Waals surface area contributed by atoms with Crippen LogP contribution in [0.25, 0.3) is 11.0 Å². The zero-order valence-electron chi connectivity index (χ0n) is 21.3. The number of amides is 2. The van der Waals surface area contributed by atoms with E-state index in [-0.39, 0.29) is 29.7 Å². The number of furan rings is 1. The minimum Gasteiger partial charge on any atom is -0.451 e. The molecule has 2 amide bonds. The van der Waals surface area contributed by atoms with Crippen LogP contribution in [0.15, 0.2) is 63.9 Å². The van der Waals surface area contributed by atoms with Crippen molar-refractivity contribution in [2.45, 2.75) is 56.2 Å². The molecule has 1 aromatic heterocycles. The van der Waals surface area contributed by atoms with E-state index in [1.807, 2.05) is 26.0 Å². The van der Waals surface area contributed by atoms with E-state index < -0.39 is 45.8 Å². The molecule has 2 heterocycles. The highest BCUT2D eigenvalue weighted by Crippen LogP contribution is 2.22. The van der Waals surface area contributed by atoms with Gasteiger partial charge < -0.3 is 20.2 Å². The zero-order valence-corrected chi connectivity index (χ0v) is 22.1. The van der Waals surface area contributed by atoms with Crippen molar-refractivity contribution in [2.75, 3.05) is 13.1 Å². The summed E-state index contributed by atoms with van der Waals surface area (Å²) in [6.07, 6.45) is -0.152. The predicted molar refractivity (Wildman–Crippen MR) is 139 cm³/mol. The van der Waals surface area contributed by atoms with Crippen molar-refractivity contribution in [3.8, 4) is 0 Å². The lowest BCUT2D eigenvalue weighted by Crippen LogP contribution is -2.54. The van der Waals surface area contributed by atoms with E-state index in [9.17, 15) is 27.5 Å². The lowest BCUT2D eigenvalue weighted by molar-refractivity contribution is -0.125. The van der Waals surface area contributed by atoms with Gasteiger partial charge in [-0.2, -0.15) is 4.31 Å². The topological polar surface area (TPSA) is 129 Å². The number of hydrogen-bond acceptors (Lipinski definition) is 6. The van der Waals surface area contributed by atoms with Crippen molar-refractivity contribution < 1.29 is 31.9 Å². The molecular formula is C27H32FN3O6S. The van der Waals surface area contributed by atoms with Crippen LogP contribution >= 0.6 is 0 Å². The number of aliphatic hydroxyl groups excluding tert-OH is 1. The molecule has 1 fully saturated rings. The third kappa shape index (κ3) is 6.40. The average Bonchev–Trinajstić information content (AvgIpc) is 3.22. The zero-order chi connectivity index (χ0) is 27.4. The average molecular weight is 546 g/mol. The number of rotatable bonds is 8. The molecule has 2 unspecified atom stereocenters. The number of para-hydroxylation sites is 1. The van der Waals surface area contributed by atoms with Crippen LogP contribution in [-0.2, 0) is 14.8 Å². The first kappa shape index (κ1) is 27.7. The van der Waals surface area contributed by atoms with E-state index in [2.05, 4.69) is 10.6 Å².